The average Bonchev–Trinajstić information content (AvgIpc) is 2.60. The highest BCUT2D eigenvalue weighted by Gasteiger charge is 2.05. The molecule has 5 N–H and O–H groups in total. The molecule has 3 rings (SSSR count). The third-order valence-corrected chi connectivity index (χ3v) is 3.92. The Kier molecular flexibility index (Phi) is 4.35. The van der Waals surface area contributed by atoms with Gasteiger partial charge in [0.1, 0.15) is 5.82 Å². The van der Waals surface area contributed by atoms with Crippen molar-refractivity contribution >= 4 is 46.2 Å². The number of benzene rings is 2. The highest BCUT2D eigenvalue weighted by molar-refractivity contribution is 6.31. The number of amidine groups is 1. The second-order valence-electron chi connectivity index (χ2n) is 5.23. The van der Waals surface area contributed by atoms with E-state index in [1.165, 1.54) is 0 Å². The monoisotopic (exact) mass is 338 g/mol. The van der Waals surface area contributed by atoms with Crippen LogP contribution in [-0.4, -0.2) is 16.0 Å². The number of anilines is 1. The van der Waals surface area contributed by atoms with Gasteiger partial charge in [0.05, 0.1) is 0 Å². The third-order valence-electron chi connectivity index (χ3n) is 3.68. The molecule has 0 amide bonds. The second-order valence-corrected chi connectivity index (χ2v) is 5.67. The lowest BCUT2D eigenvalue weighted by Crippen LogP contribution is -2.12. The van der Waals surface area contributed by atoms with Crippen LogP contribution in [0.2, 0.25) is 5.02 Å². The fourth-order valence-electron chi connectivity index (χ4n) is 2.40. The van der Waals surface area contributed by atoms with Crippen molar-refractivity contribution in [3.8, 4) is 0 Å². The van der Waals surface area contributed by atoms with Crippen molar-refractivity contribution in [3.05, 3.63) is 70.4 Å². The van der Waals surface area contributed by atoms with E-state index >= 15 is 0 Å². The zero-order chi connectivity index (χ0) is 17.1. The Morgan fingerprint density at radius 3 is 2.58 bits per heavy atom. The van der Waals surface area contributed by atoms with E-state index in [0.717, 1.165) is 21.9 Å². The van der Waals surface area contributed by atoms with Crippen LogP contribution in [0.25, 0.3) is 22.9 Å². The number of hydrogen-bond donors (Lipinski definition) is 3. The molecule has 0 aliphatic carbocycles. The number of oxime groups is 1. The molecular formula is C18H15ClN4O. The summed E-state index contributed by atoms with van der Waals surface area (Å²) >= 11 is 6.09. The first-order valence-corrected chi connectivity index (χ1v) is 7.56. The first-order chi connectivity index (χ1) is 11.6. The number of pyridine rings is 1. The van der Waals surface area contributed by atoms with Crippen LogP contribution in [0.5, 0.6) is 0 Å². The molecular weight excluding hydrogens is 324 g/mol. The molecule has 0 atom stereocenters. The molecule has 120 valence electrons. The van der Waals surface area contributed by atoms with Crippen LogP contribution < -0.4 is 11.5 Å². The maximum absolute atomic E-state index is 8.68. The van der Waals surface area contributed by atoms with E-state index in [1.54, 1.807) is 18.3 Å². The average molecular weight is 339 g/mol. The predicted molar refractivity (Wildman–Crippen MR) is 99.0 cm³/mol. The molecule has 0 saturated carbocycles. The van der Waals surface area contributed by atoms with Gasteiger partial charge in [0, 0.05) is 27.7 Å². The van der Waals surface area contributed by atoms with Gasteiger partial charge in [-0.25, -0.2) is 4.98 Å². The van der Waals surface area contributed by atoms with Crippen molar-refractivity contribution in [2.45, 2.75) is 0 Å². The molecule has 0 aliphatic rings. The van der Waals surface area contributed by atoms with Gasteiger partial charge in [-0.15, -0.1) is 0 Å². The SMILES string of the molecule is N/C(=N\O)c1ccc(/C=C/c2c(N)ncc3ccc(Cl)cc23)cc1. The first-order valence-electron chi connectivity index (χ1n) is 7.18. The van der Waals surface area contributed by atoms with Crippen LogP contribution in [0.1, 0.15) is 16.7 Å². The minimum absolute atomic E-state index is 0.0719. The zero-order valence-corrected chi connectivity index (χ0v) is 13.4. The van der Waals surface area contributed by atoms with Gasteiger partial charge in [-0.1, -0.05) is 59.2 Å². The Bertz CT molecular complexity index is 944. The molecule has 6 heteroatoms. The predicted octanol–water partition coefficient (Wildman–Crippen LogP) is 3.74. The molecule has 0 radical (unpaired) electrons. The Morgan fingerprint density at radius 2 is 1.88 bits per heavy atom. The Balaban J connectivity index is 1.98. The molecule has 0 bridgehead atoms. The van der Waals surface area contributed by atoms with Gasteiger partial charge in [0.25, 0.3) is 0 Å². The minimum Gasteiger partial charge on any atom is -0.409 e. The van der Waals surface area contributed by atoms with Gasteiger partial charge in [-0.2, -0.15) is 0 Å². The van der Waals surface area contributed by atoms with Crippen molar-refractivity contribution in [3.63, 3.8) is 0 Å². The number of hydrogen-bond acceptors (Lipinski definition) is 4. The van der Waals surface area contributed by atoms with Crippen molar-refractivity contribution in [2.24, 2.45) is 10.9 Å². The molecule has 0 saturated heterocycles. The summed E-state index contributed by atoms with van der Waals surface area (Å²) in [5, 5.41) is 14.2. The molecule has 5 nitrogen and oxygen atoms in total. The maximum atomic E-state index is 8.68. The van der Waals surface area contributed by atoms with Crippen molar-refractivity contribution in [2.75, 3.05) is 5.73 Å². The zero-order valence-electron chi connectivity index (χ0n) is 12.6. The smallest absolute Gasteiger partial charge is 0.170 e. The topological polar surface area (TPSA) is 97.5 Å². The molecule has 1 heterocycles. The van der Waals surface area contributed by atoms with Gasteiger partial charge in [0.2, 0.25) is 0 Å². The van der Waals surface area contributed by atoms with Crippen LogP contribution in [0.15, 0.2) is 53.8 Å². The van der Waals surface area contributed by atoms with E-state index in [4.69, 9.17) is 28.3 Å². The van der Waals surface area contributed by atoms with Crippen molar-refractivity contribution < 1.29 is 5.21 Å². The molecule has 0 aliphatic heterocycles. The van der Waals surface area contributed by atoms with E-state index in [1.807, 2.05) is 42.5 Å². The van der Waals surface area contributed by atoms with Crippen LogP contribution >= 0.6 is 11.6 Å². The minimum atomic E-state index is 0.0719. The quantitative estimate of drug-likeness (QED) is 0.293. The summed E-state index contributed by atoms with van der Waals surface area (Å²) in [4.78, 5) is 4.22. The second kappa shape index (κ2) is 6.60. The lowest BCUT2D eigenvalue weighted by molar-refractivity contribution is 0.318. The van der Waals surface area contributed by atoms with E-state index in [2.05, 4.69) is 10.1 Å². The fourth-order valence-corrected chi connectivity index (χ4v) is 2.57. The Hall–Kier alpha value is -3.05. The molecule has 24 heavy (non-hydrogen) atoms. The van der Waals surface area contributed by atoms with Gasteiger partial charge in [-0.3, -0.25) is 0 Å². The fraction of sp³-hybridized carbons (Fsp3) is 0. The van der Waals surface area contributed by atoms with Crippen LogP contribution in [0.4, 0.5) is 5.82 Å². The van der Waals surface area contributed by atoms with E-state index in [9.17, 15) is 0 Å². The summed E-state index contributed by atoms with van der Waals surface area (Å²) in [5.74, 6) is 0.511. The molecule has 0 spiro atoms. The number of nitrogens with zero attached hydrogens (tertiary/aromatic N) is 2. The third kappa shape index (κ3) is 3.16. The van der Waals surface area contributed by atoms with Gasteiger partial charge in [0.15, 0.2) is 5.84 Å². The number of rotatable bonds is 3. The Labute approximate surface area is 143 Å². The van der Waals surface area contributed by atoms with Crippen molar-refractivity contribution in [1.29, 1.82) is 0 Å². The summed E-state index contributed by atoms with van der Waals surface area (Å²) in [5.41, 5.74) is 14.0. The van der Waals surface area contributed by atoms with Gasteiger partial charge < -0.3 is 16.7 Å². The number of nitrogens with two attached hydrogens (primary N) is 2. The number of aromatic nitrogens is 1. The normalized spacial score (nSPS) is 12.1. The Morgan fingerprint density at radius 1 is 1.12 bits per heavy atom. The largest absolute Gasteiger partial charge is 0.409 e. The van der Waals surface area contributed by atoms with Crippen molar-refractivity contribution in [1.82, 2.24) is 4.98 Å². The summed E-state index contributed by atoms with van der Waals surface area (Å²) in [6, 6.07) is 12.9. The lowest BCUT2D eigenvalue weighted by atomic mass is 10.0. The van der Waals surface area contributed by atoms with Gasteiger partial charge in [-0.05, 0) is 23.1 Å². The lowest BCUT2D eigenvalue weighted by Gasteiger charge is -2.06. The van der Waals surface area contributed by atoms with Crippen LogP contribution in [-0.2, 0) is 0 Å². The summed E-state index contributed by atoms with van der Waals surface area (Å²) in [6.45, 7) is 0. The molecule has 2 aromatic carbocycles. The molecule has 1 aromatic heterocycles. The molecule has 3 aromatic rings. The van der Waals surface area contributed by atoms with Crippen LogP contribution in [0.3, 0.4) is 0 Å². The number of nitrogen functional groups attached to an aromatic ring is 1. The maximum Gasteiger partial charge on any atom is 0.170 e. The van der Waals surface area contributed by atoms with E-state index in [0.29, 0.717) is 16.4 Å². The highest BCUT2D eigenvalue weighted by atomic mass is 35.5. The first kappa shape index (κ1) is 15.8. The number of fused-ring (bicyclic) bond motifs is 1. The summed E-state index contributed by atoms with van der Waals surface area (Å²) < 4.78 is 0. The van der Waals surface area contributed by atoms with Gasteiger partial charge >= 0.3 is 0 Å². The summed E-state index contributed by atoms with van der Waals surface area (Å²) in [6.07, 6.45) is 5.55. The van der Waals surface area contributed by atoms with Crippen LogP contribution in [0, 0.1) is 0 Å². The highest BCUT2D eigenvalue weighted by Crippen LogP contribution is 2.27. The molecule has 0 fully saturated rings. The standard InChI is InChI=1S/C18H15ClN4O/c19-14-7-6-13-10-22-18(21)15(16(13)9-14)8-3-11-1-4-12(5-2-11)17(20)23-24/h1-10,24H,(H2,20,23)(H2,21,22)/b8-3+. The summed E-state index contributed by atoms with van der Waals surface area (Å²) in [7, 11) is 0. The molecule has 0 unspecified atom stereocenters. The number of halogens is 1. The van der Waals surface area contributed by atoms with E-state index in [-0.39, 0.29) is 5.84 Å². The van der Waals surface area contributed by atoms with E-state index < -0.39 is 0 Å².